The van der Waals surface area contributed by atoms with Gasteiger partial charge in [-0.3, -0.25) is 4.55 Å². The van der Waals surface area contributed by atoms with Gasteiger partial charge in [-0.05, 0) is 19.1 Å². The normalized spacial score (nSPS) is 10.3. The number of rotatable bonds is 2. The third-order valence-corrected chi connectivity index (χ3v) is 1.63. The van der Waals surface area contributed by atoms with Crippen LogP contribution in [0.25, 0.3) is 0 Å². The van der Waals surface area contributed by atoms with Gasteiger partial charge in [-0.15, -0.1) is 12.4 Å². The molecule has 13 heavy (non-hydrogen) atoms. The SMILES string of the molecule is Cc1ccc(OS(=O)(=O)O)cc1.Cl. The number of aryl methyl sites for hydroxylation is 1. The van der Waals surface area contributed by atoms with Gasteiger partial charge in [0.05, 0.1) is 0 Å². The van der Waals surface area contributed by atoms with Crippen LogP contribution in [0.4, 0.5) is 0 Å². The number of hydrogen-bond acceptors (Lipinski definition) is 3. The molecule has 1 aromatic rings. The van der Waals surface area contributed by atoms with Crippen molar-refractivity contribution >= 4 is 22.8 Å². The fraction of sp³-hybridized carbons (Fsp3) is 0.143. The molecule has 74 valence electrons. The molecule has 0 radical (unpaired) electrons. The second-order valence-corrected chi connectivity index (χ2v) is 3.35. The highest BCUT2D eigenvalue weighted by molar-refractivity contribution is 7.81. The van der Waals surface area contributed by atoms with Crippen LogP contribution >= 0.6 is 12.4 Å². The van der Waals surface area contributed by atoms with Gasteiger partial charge in [0.15, 0.2) is 0 Å². The van der Waals surface area contributed by atoms with Crippen LogP contribution in [0.15, 0.2) is 24.3 Å². The molecule has 0 saturated carbocycles. The lowest BCUT2D eigenvalue weighted by Crippen LogP contribution is -2.06. The predicted octanol–water partition coefficient (Wildman–Crippen LogP) is 1.60. The van der Waals surface area contributed by atoms with Crippen molar-refractivity contribution in [3.8, 4) is 5.75 Å². The first-order valence-corrected chi connectivity index (χ1v) is 4.57. The van der Waals surface area contributed by atoms with Crippen molar-refractivity contribution in [3.05, 3.63) is 29.8 Å². The maximum absolute atomic E-state index is 10.2. The van der Waals surface area contributed by atoms with Crippen molar-refractivity contribution in [3.63, 3.8) is 0 Å². The summed E-state index contributed by atoms with van der Waals surface area (Å²) in [6, 6.07) is 6.28. The molecule has 0 atom stereocenters. The molecule has 0 aromatic heterocycles. The van der Waals surface area contributed by atoms with Crippen molar-refractivity contribution in [2.24, 2.45) is 0 Å². The summed E-state index contributed by atoms with van der Waals surface area (Å²) in [6.07, 6.45) is 0. The Hall–Kier alpha value is -0.780. The van der Waals surface area contributed by atoms with Crippen molar-refractivity contribution < 1.29 is 17.2 Å². The van der Waals surface area contributed by atoms with E-state index in [2.05, 4.69) is 4.18 Å². The molecule has 0 saturated heterocycles. The second-order valence-electron chi connectivity index (χ2n) is 2.32. The Morgan fingerprint density at radius 2 is 1.69 bits per heavy atom. The molecule has 1 rings (SSSR count). The minimum absolute atomic E-state index is 0. The molecule has 1 aromatic carbocycles. The molecule has 0 heterocycles. The summed E-state index contributed by atoms with van der Waals surface area (Å²) in [6.45, 7) is 1.86. The van der Waals surface area contributed by atoms with Gasteiger partial charge in [-0.25, -0.2) is 0 Å². The largest absolute Gasteiger partial charge is 0.446 e. The molecule has 0 amide bonds. The smallest absolute Gasteiger partial charge is 0.362 e. The van der Waals surface area contributed by atoms with E-state index in [9.17, 15) is 8.42 Å². The van der Waals surface area contributed by atoms with Crippen LogP contribution in [-0.4, -0.2) is 13.0 Å². The van der Waals surface area contributed by atoms with Crippen molar-refractivity contribution in [2.75, 3.05) is 0 Å². The number of hydrogen-bond donors (Lipinski definition) is 1. The van der Waals surface area contributed by atoms with Crippen LogP contribution in [0.2, 0.25) is 0 Å². The third-order valence-electron chi connectivity index (χ3n) is 1.22. The highest BCUT2D eigenvalue weighted by Crippen LogP contribution is 2.12. The van der Waals surface area contributed by atoms with Gasteiger partial charge in [0.25, 0.3) is 0 Å². The number of halogens is 1. The lowest BCUT2D eigenvalue weighted by atomic mass is 10.2. The quantitative estimate of drug-likeness (QED) is 0.775. The zero-order valence-corrected chi connectivity index (χ0v) is 8.43. The molecule has 0 fully saturated rings. The standard InChI is InChI=1S/C7H8O4S.ClH/c1-6-2-4-7(5-3-6)11-12(8,9)10;/h2-5H,1H3,(H,8,9,10);1H. The molecule has 0 aliphatic rings. The first kappa shape index (κ1) is 12.2. The zero-order chi connectivity index (χ0) is 9.19. The highest BCUT2D eigenvalue weighted by Gasteiger charge is 2.05. The van der Waals surface area contributed by atoms with Gasteiger partial charge in [0.2, 0.25) is 0 Å². The molecule has 0 bridgehead atoms. The van der Waals surface area contributed by atoms with Gasteiger partial charge in [-0.1, -0.05) is 17.7 Å². The maximum atomic E-state index is 10.2. The maximum Gasteiger partial charge on any atom is 0.446 e. The van der Waals surface area contributed by atoms with Gasteiger partial charge in [-0.2, -0.15) is 8.42 Å². The summed E-state index contributed by atoms with van der Waals surface area (Å²) >= 11 is 0. The molecule has 1 N–H and O–H groups in total. The van der Waals surface area contributed by atoms with E-state index >= 15 is 0 Å². The summed E-state index contributed by atoms with van der Waals surface area (Å²) in [4.78, 5) is 0. The molecular formula is C7H9ClO4S. The van der Waals surface area contributed by atoms with E-state index in [0.717, 1.165) is 5.56 Å². The van der Waals surface area contributed by atoms with Gasteiger partial charge >= 0.3 is 10.4 Å². The minimum atomic E-state index is -4.39. The second kappa shape index (κ2) is 4.45. The first-order chi connectivity index (χ1) is 5.47. The van der Waals surface area contributed by atoms with E-state index in [4.69, 9.17) is 4.55 Å². The lowest BCUT2D eigenvalue weighted by molar-refractivity contribution is 0.387. The van der Waals surface area contributed by atoms with Crippen molar-refractivity contribution in [2.45, 2.75) is 6.92 Å². The summed E-state index contributed by atoms with van der Waals surface area (Å²) in [7, 11) is -4.39. The van der Waals surface area contributed by atoms with Crippen LogP contribution in [0.3, 0.4) is 0 Å². The first-order valence-electron chi connectivity index (χ1n) is 3.21. The lowest BCUT2D eigenvalue weighted by Gasteiger charge is -2.00. The molecule has 0 aliphatic carbocycles. The van der Waals surface area contributed by atoms with Gasteiger partial charge in [0, 0.05) is 0 Å². The summed E-state index contributed by atoms with van der Waals surface area (Å²) in [5, 5.41) is 0. The molecule has 0 aliphatic heterocycles. The van der Waals surface area contributed by atoms with Crippen LogP contribution in [0.5, 0.6) is 5.75 Å². The monoisotopic (exact) mass is 224 g/mol. The average molecular weight is 225 g/mol. The summed E-state index contributed by atoms with van der Waals surface area (Å²) in [5.74, 6) is 0.100. The van der Waals surface area contributed by atoms with Crippen LogP contribution in [-0.2, 0) is 10.4 Å². The average Bonchev–Trinajstić information content (AvgIpc) is 1.91. The van der Waals surface area contributed by atoms with Gasteiger partial charge < -0.3 is 4.18 Å². The Labute approximate surface area is 82.9 Å². The van der Waals surface area contributed by atoms with E-state index in [-0.39, 0.29) is 18.2 Å². The number of benzene rings is 1. The van der Waals surface area contributed by atoms with Crippen molar-refractivity contribution in [1.29, 1.82) is 0 Å². The third kappa shape index (κ3) is 4.72. The van der Waals surface area contributed by atoms with Crippen LogP contribution in [0, 0.1) is 6.92 Å². The Bertz CT molecular complexity index is 357. The Balaban J connectivity index is 0.00000144. The topological polar surface area (TPSA) is 63.6 Å². The van der Waals surface area contributed by atoms with E-state index < -0.39 is 10.4 Å². The van der Waals surface area contributed by atoms with Gasteiger partial charge in [0.1, 0.15) is 5.75 Å². The molecular weight excluding hydrogens is 216 g/mol. The van der Waals surface area contributed by atoms with E-state index in [1.54, 1.807) is 12.1 Å². The minimum Gasteiger partial charge on any atom is -0.362 e. The predicted molar refractivity (Wildman–Crippen MR) is 50.6 cm³/mol. The molecule has 0 unspecified atom stereocenters. The van der Waals surface area contributed by atoms with E-state index in [0.29, 0.717) is 0 Å². The Kier molecular flexibility index (Phi) is 4.19. The van der Waals surface area contributed by atoms with Crippen LogP contribution in [0.1, 0.15) is 5.56 Å². The molecule has 4 nitrogen and oxygen atoms in total. The van der Waals surface area contributed by atoms with Crippen molar-refractivity contribution in [1.82, 2.24) is 0 Å². The van der Waals surface area contributed by atoms with E-state index in [1.165, 1.54) is 12.1 Å². The zero-order valence-electron chi connectivity index (χ0n) is 6.80. The molecule has 6 heteroatoms. The van der Waals surface area contributed by atoms with Crippen LogP contribution < -0.4 is 4.18 Å². The molecule has 0 spiro atoms. The summed E-state index contributed by atoms with van der Waals surface area (Å²) in [5.41, 5.74) is 0.984. The Morgan fingerprint density at radius 3 is 2.08 bits per heavy atom. The fourth-order valence-electron chi connectivity index (χ4n) is 0.715. The highest BCUT2D eigenvalue weighted by atomic mass is 35.5. The fourth-order valence-corrected chi connectivity index (χ4v) is 1.07. The van der Waals surface area contributed by atoms with E-state index in [1.807, 2.05) is 6.92 Å². The Morgan fingerprint density at radius 1 is 1.23 bits per heavy atom. The summed E-state index contributed by atoms with van der Waals surface area (Å²) < 4.78 is 32.9.